The topological polar surface area (TPSA) is 76.3 Å². The third kappa shape index (κ3) is 2.81. The first-order valence-electron chi connectivity index (χ1n) is 6.34. The molecule has 0 aliphatic carbocycles. The van der Waals surface area contributed by atoms with Crippen molar-refractivity contribution >= 4 is 11.6 Å². The van der Waals surface area contributed by atoms with Crippen molar-refractivity contribution in [1.82, 2.24) is 14.9 Å². The molecule has 0 saturated carbocycles. The van der Waals surface area contributed by atoms with Gasteiger partial charge in [-0.25, -0.2) is 9.97 Å². The average molecular weight is 251 g/mol. The van der Waals surface area contributed by atoms with E-state index in [9.17, 15) is 0 Å². The Labute approximate surface area is 108 Å². The van der Waals surface area contributed by atoms with E-state index in [2.05, 4.69) is 27.1 Å². The summed E-state index contributed by atoms with van der Waals surface area (Å²) in [5.74, 6) is 1.55. The molecule has 6 nitrogen and oxygen atoms in total. The van der Waals surface area contributed by atoms with Gasteiger partial charge >= 0.3 is 0 Å². The van der Waals surface area contributed by atoms with Gasteiger partial charge in [0.05, 0.1) is 7.11 Å². The molecule has 6 heteroatoms. The van der Waals surface area contributed by atoms with Crippen LogP contribution in [0.2, 0.25) is 0 Å². The zero-order valence-corrected chi connectivity index (χ0v) is 11.0. The van der Waals surface area contributed by atoms with E-state index in [1.807, 2.05) is 0 Å². The quantitative estimate of drug-likeness (QED) is 0.812. The Hall–Kier alpha value is -1.56. The van der Waals surface area contributed by atoms with Crippen molar-refractivity contribution in [3.63, 3.8) is 0 Å². The Morgan fingerprint density at radius 1 is 1.44 bits per heavy atom. The zero-order valence-electron chi connectivity index (χ0n) is 11.0. The number of methoxy groups -OCH3 is 1. The maximum Gasteiger partial charge on any atom is 0.203 e. The lowest BCUT2D eigenvalue weighted by atomic mass is 10.3. The Kier molecular flexibility index (Phi) is 4.19. The van der Waals surface area contributed by atoms with Crippen molar-refractivity contribution in [2.24, 2.45) is 0 Å². The van der Waals surface area contributed by atoms with E-state index in [4.69, 9.17) is 10.5 Å². The molecule has 3 N–H and O–H groups in total. The molecule has 1 aromatic heterocycles. The molecule has 1 saturated heterocycles. The normalized spacial score (nSPS) is 17.7. The van der Waals surface area contributed by atoms with E-state index in [0.717, 1.165) is 6.54 Å². The Balaban J connectivity index is 1.95. The molecule has 1 atom stereocenters. The summed E-state index contributed by atoms with van der Waals surface area (Å²) < 4.78 is 5.21. The molecule has 0 spiro atoms. The minimum absolute atomic E-state index is 0.365. The van der Waals surface area contributed by atoms with Crippen LogP contribution in [0.3, 0.4) is 0 Å². The van der Waals surface area contributed by atoms with Gasteiger partial charge in [0.25, 0.3) is 0 Å². The highest BCUT2D eigenvalue weighted by molar-refractivity contribution is 5.61. The average Bonchev–Trinajstić information content (AvgIpc) is 2.90. The summed E-state index contributed by atoms with van der Waals surface area (Å²) in [6.07, 6.45) is 4.04. The maximum absolute atomic E-state index is 5.73. The lowest BCUT2D eigenvalue weighted by molar-refractivity contribution is 0.269. The van der Waals surface area contributed by atoms with Crippen molar-refractivity contribution in [1.29, 1.82) is 0 Å². The van der Waals surface area contributed by atoms with Crippen molar-refractivity contribution in [3.05, 3.63) is 6.33 Å². The molecule has 100 valence electrons. The highest BCUT2D eigenvalue weighted by atomic mass is 16.5. The molecule has 18 heavy (non-hydrogen) atoms. The molecule has 1 aromatic rings. The summed E-state index contributed by atoms with van der Waals surface area (Å²) in [7, 11) is 1.57. The van der Waals surface area contributed by atoms with Gasteiger partial charge in [-0.2, -0.15) is 0 Å². The molecule has 2 rings (SSSR count). The molecule has 1 unspecified atom stereocenters. The predicted molar refractivity (Wildman–Crippen MR) is 71.8 cm³/mol. The molecule has 0 bridgehead atoms. The molecule has 0 radical (unpaired) electrons. The maximum atomic E-state index is 5.73. The third-order valence-electron chi connectivity index (χ3n) is 3.36. The summed E-state index contributed by atoms with van der Waals surface area (Å²) >= 11 is 0. The minimum atomic E-state index is 0.365. The van der Waals surface area contributed by atoms with Crippen LogP contribution in [0.15, 0.2) is 6.33 Å². The molecule has 0 aromatic carbocycles. The second-order valence-corrected chi connectivity index (χ2v) is 4.61. The van der Waals surface area contributed by atoms with Gasteiger partial charge in [0, 0.05) is 12.6 Å². The van der Waals surface area contributed by atoms with Crippen molar-refractivity contribution in [2.45, 2.75) is 25.8 Å². The standard InChI is InChI=1S/C12H21N5O/c1-9(17-5-3-4-6-17)7-14-12-10(18-2)11(13)15-8-16-12/h8-9H,3-7H2,1-2H3,(H3,13,14,15,16). The van der Waals surface area contributed by atoms with Crippen molar-refractivity contribution < 1.29 is 4.74 Å². The van der Waals surface area contributed by atoms with E-state index in [1.165, 1.54) is 32.3 Å². The first-order valence-corrected chi connectivity index (χ1v) is 6.34. The largest absolute Gasteiger partial charge is 0.490 e. The van der Waals surface area contributed by atoms with E-state index < -0.39 is 0 Å². The Bertz CT molecular complexity index is 392. The molecule has 1 aliphatic rings. The van der Waals surface area contributed by atoms with Crippen molar-refractivity contribution in [2.75, 3.05) is 37.8 Å². The molecule has 1 aliphatic heterocycles. The molecular weight excluding hydrogens is 230 g/mol. The van der Waals surface area contributed by atoms with E-state index in [-0.39, 0.29) is 0 Å². The van der Waals surface area contributed by atoms with Gasteiger partial charge in [-0.05, 0) is 32.9 Å². The number of nitrogens with zero attached hydrogens (tertiary/aromatic N) is 3. The number of nitrogen functional groups attached to an aromatic ring is 1. The number of rotatable bonds is 5. The molecule has 0 amide bonds. The van der Waals surface area contributed by atoms with Crippen LogP contribution in [-0.2, 0) is 0 Å². The van der Waals surface area contributed by atoms with Crippen molar-refractivity contribution in [3.8, 4) is 5.75 Å². The highest BCUT2D eigenvalue weighted by Crippen LogP contribution is 2.26. The zero-order chi connectivity index (χ0) is 13.0. The van der Waals surface area contributed by atoms with Crippen LogP contribution in [0.5, 0.6) is 5.75 Å². The Morgan fingerprint density at radius 3 is 2.83 bits per heavy atom. The highest BCUT2D eigenvalue weighted by Gasteiger charge is 2.18. The van der Waals surface area contributed by atoms with Gasteiger partial charge in [-0.15, -0.1) is 0 Å². The summed E-state index contributed by atoms with van der Waals surface area (Å²) in [5.41, 5.74) is 5.73. The second-order valence-electron chi connectivity index (χ2n) is 4.61. The van der Waals surface area contributed by atoms with Gasteiger partial charge in [-0.1, -0.05) is 0 Å². The van der Waals surface area contributed by atoms with Crippen LogP contribution in [0, 0.1) is 0 Å². The fraction of sp³-hybridized carbons (Fsp3) is 0.667. The van der Waals surface area contributed by atoms with Crippen LogP contribution >= 0.6 is 0 Å². The summed E-state index contributed by atoms with van der Waals surface area (Å²) in [6.45, 7) is 5.42. The first-order chi connectivity index (χ1) is 8.72. The fourth-order valence-corrected chi connectivity index (χ4v) is 2.27. The fourth-order valence-electron chi connectivity index (χ4n) is 2.27. The van der Waals surface area contributed by atoms with E-state index >= 15 is 0 Å². The lowest BCUT2D eigenvalue weighted by Gasteiger charge is -2.24. The minimum Gasteiger partial charge on any atom is -0.490 e. The second kappa shape index (κ2) is 5.86. The first kappa shape index (κ1) is 12.9. The number of ether oxygens (including phenoxy) is 1. The van der Waals surface area contributed by atoms with Gasteiger partial charge in [0.15, 0.2) is 11.6 Å². The number of nitrogens with two attached hydrogens (primary N) is 1. The van der Waals surface area contributed by atoms with Crippen LogP contribution in [0.1, 0.15) is 19.8 Å². The molecule has 1 fully saturated rings. The van der Waals surface area contributed by atoms with Crippen LogP contribution < -0.4 is 15.8 Å². The summed E-state index contributed by atoms with van der Waals surface area (Å²) in [4.78, 5) is 10.5. The number of aromatic nitrogens is 2. The van der Waals surface area contributed by atoms with Crippen LogP contribution in [0.4, 0.5) is 11.6 Å². The van der Waals surface area contributed by atoms with Gasteiger partial charge < -0.3 is 15.8 Å². The monoisotopic (exact) mass is 251 g/mol. The van der Waals surface area contributed by atoms with Gasteiger partial charge in [0.1, 0.15) is 6.33 Å². The SMILES string of the molecule is COc1c(N)ncnc1NCC(C)N1CCCC1. The van der Waals surface area contributed by atoms with E-state index in [0.29, 0.717) is 23.4 Å². The number of nitrogens with one attached hydrogen (secondary N) is 1. The smallest absolute Gasteiger partial charge is 0.203 e. The number of anilines is 2. The lowest BCUT2D eigenvalue weighted by Crippen LogP contribution is -2.35. The molecular formula is C12H21N5O. The van der Waals surface area contributed by atoms with Gasteiger partial charge in [0.2, 0.25) is 5.75 Å². The summed E-state index contributed by atoms with van der Waals surface area (Å²) in [6, 6.07) is 0.480. The van der Waals surface area contributed by atoms with Crippen LogP contribution in [-0.4, -0.2) is 47.7 Å². The van der Waals surface area contributed by atoms with Crippen LogP contribution in [0.25, 0.3) is 0 Å². The Morgan fingerprint density at radius 2 is 2.17 bits per heavy atom. The number of hydrogen-bond donors (Lipinski definition) is 2. The van der Waals surface area contributed by atoms with E-state index in [1.54, 1.807) is 7.11 Å². The molecule has 2 heterocycles. The number of likely N-dealkylation sites (tertiary alicyclic amines) is 1. The van der Waals surface area contributed by atoms with Gasteiger partial charge in [-0.3, -0.25) is 4.90 Å². The third-order valence-corrected chi connectivity index (χ3v) is 3.36. The predicted octanol–water partition coefficient (Wildman–Crippen LogP) is 0.964. The number of hydrogen-bond acceptors (Lipinski definition) is 6. The summed E-state index contributed by atoms with van der Waals surface area (Å²) in [5, 5.41) is 3.28.